The zero-order chi connectivity index (χ0) is 14.7. The Bertz CT molecular complexity index is 688. The van der Waals surface area contributed by atoms with Crippen LogP contribution in [0.2, 0.25) is 0 Å². The van der Waals surface area contributed by atoms with Crippen molar-refractivity contribution >= 4 is 33.5 Å². The fourth-order valence-corrected chi connectivity index (χ4v) is 1.89. The van der Waals surface area contributed by atoms with E-state index in [4.69, 9.17) is 5.11 Å². The number of phenols is 1. The van der Waals surface area contributed by atoms with Crippen molar-refractivity contribution in [1.82, 2.24) is 4.98 Å². The van der Waals surface area contributed by atoms with Crippen molar-refractivity contribution in [2.45, 2.75) is 0 Å². The van der Waals surface area contributed by atoms with E-state index < -0.39 is 17.6 Å². The lowest BCUT2D eigenvalue weighted by atomic mass is 10.1. The number of nitrogens with zero attached hydrogens (tertiary/aromatic N) is 1. The maximum absolute atomic E-state index is 11.9. The van der Waals surface area contributed by atoms with Crippen LogP contribution >= 0.6 is 15.9 Å². The Kier molecular flexibility index (Phi) is 3.99. The lowest BCUT2D eigenvalue weighted by molar-refractivity contribution is 0.0693. The molecule has 0 aliphatic rings. The molecule has 1 amide bonds. The van der Waals surface area contributed by atoms with Crippen LogP contribution in [0, 0.1) is 0 Å². The van der Waals surface area contributed by atoms with E-state index in [0.29, 0.717) is 10.0 Å². The van der Waals surface area contributed by atoms with Crippen LogP contribution in [0.15, 0.2) is 41.1 Å². The summed E-state index contributed by atoms with van der Waals surface area (Å²) >= 11 is 3.21. The first-order valence-corrected chi connectivity index (χ1v) is 6.25. The summed E-state index contributed by atoms with van der Waals surface area (Å²) in [5, 5.41) is 20.9. The number of carboxylic acids is 1. The van der Waals surface area contributed by atoms with Crippen molar-refractivity contribution in [3.63, 3.8) is 0 Å². The Labute approximate surface area is 122 Å². The van der Waals surface area contributed by atoms with Crippen LogP contribution in [0.4, 0.5) is 5.69 Å². The van der Waals surface area contributed by atoms with Gasteiger partial charge >= 0.3 is 5.97 Å². The van der Waals surface area contributed by atoms with Crippen LogP contribution in [-0.2, 0) is 0 Å². The van der Waals surface area contributed by atoms with Gasteiger partial charge in [-0.1, -0.05) is 0 Å². The number of carbonyl (C=O) groups excluding carboxylic acids is 1. The molecule has 102 valence electrons. The number of nitrogens with one attached hydrogen (secondary N) is 1. The normalized spacial score (nSPS) is 10.1. The summed E-state index contributed by atoms with van der Waals surface area (Å²) in [7, 11) is 0. The van der Waals surface area contributed by atoms with E-state index >= 15 is 0 Å². The van der Waals surface area contributed by atoms with Gasteiger partial charge in [0.05, 0.1) is 5.56 Å². The third-order valence-electron chi connectivity index (χ3n) is 2.45. The molecular formula is C13H9BrN2O4. The minimum Gasteiger partial charge on any atom is -0.507 e. The summed E-state index contributed by atoms with van der Waals surface area (Å²) in [6.45, 7) is 0. The quantitative estimate of drug-likeness (QED) is 0.799. The van der Waals surface area contributed by atoms with E-state index in [1.54, 1.807) is 12.3 Å². The average molecular weight is 337 g/mol. The number of hydrogen-bond acceptors (Lipinski definition) is 4. The topological polar surface area (TPSA) is 99.5 Å². The number of carboxylic acid groups (broad SMARTS) is 1. The molecule has 0 radical (unpaired) electrons. The number of aromatic hydroxyl groups is 1. The monoisotopic (exact) mass is 336 g/mol. The van der Waals surface area contributed by atoms with Crippen molar-refractivity contribution in [2.75, 3.05) is 5.32 Å². The first kappa shape index (κ1) is 14.0. The summed E-state index contributed by atoms with van der Waals surface area (Å²) in [4.78, 5) is 26.5. The Morgan fingerprint density at radius 1 is 1.20 bits per heavy atom. The number of aromatic carboxylic acids is 1. The fraction of sp³-hybridized carbons (Fsp3) is 0. The molecule has 0 fully saturated rings. The number of aromatic nitrogens is 1. The molecule has 0 aliphatic carbocycles. The summed E-state index contributed by atoms with van der Waals surface area (Å²) in [5.74, 6) is -2.07. The third kappa shape index (κ3) is 3.12. The predicted molar refractivity (Wildman–Crippen MR) is 75.0 cm³/mol. The zero-order valence-corrected chi connectivity index (χ0v) is 11.6. The van der Waals surface area contributed by atoms with Gasteiger partial charge in [-0.05, 0) is 34.1 Å². The number of amides is 1. The second kappa shape index (κ2) is 5.70. The van der Waals surface area contributed by atoms with Crippen molar-refractivity contribution < 1.29 is 19.8 Å². The van der Waals surface area contributed by atoms with E-state index in [-0.39, 0.29) is 11.3 Å². The molecular weight excluding hydrogens is 328 g/mol. The van der Waals surface area contributed by atoms with Gasteiger partial charge in [-0.15, -0.1) is 0 Å². The smallest absolute Gasteiger partial charge is 0.339 e. The Balaban J connectivity index is 2.20. The third-order valence-corrected chi connectivity index (χ3v) is 2.89. The summed E-state index contributed by atoms with van der Waals surface area (Å²) in [6.07, 6.45) is 2.94. The number of halogens is 1. The largest absolute Gasteiger partial charge is 0.507 e. The molecule has 7 heteroatoms. The average Bonchev–Trinajstić information content (AvgIpc) is 2.38. The minimum absolute atomic E-state index is 0.230. The Morgan fingerprint density at radius 2 is 1.95 bits per heavy atom. The highest BCUT2D eigenvalue weighted by Gasteiger charge is 2.12. The van der Waals surface area contributed by atoms with E-state index in [1.807, 2.05) is 0 Å². The molecule has 1 aromatic carbocycles. The number of hydrogen-bond donors (Lipinski definition) is 3. The van der Waals surface area contributed by atoms with Gasteiger partial charge < -0.3 is 15.5 Å². The minimum atomic E-state index is -1.24. The Morgan fingerprint density at radius 3 is 2.55 bits per heavy atom. The predicted octanol–water partition coefficient (Wildman–Crippen LogP) is 2.50. The van der Waals surface area contributed by atoms with Crippen LogP contribution in [0.3, 0.4) is 0 Å². The molecule has 3 N–H and O–H groups in total. The van der Waals surface area contributed by atoms with Gasteiger partial charge in [0.25, 0.3) is 5.91 Å². The highest BCUT2D eigenvalue weighted by atomic mass is 79.9. The molecule has 1 heterocycles. The fourth-order valence-electron chi connectivity index (χ4n) is 1.53. The highest BCUT2D eigenvalue weighted by molar-refractivity contribution is 9.10. The number of benzene rings is 1. The van der Waals surface area contributed by atoms with Crippen molar-refractivity contribution in [1.29, 1.82) is 0 Å². The van der Waals surface area contributed by atoms with Crippen molar-refractivity contribution in [3.05, 3.63) is 52.3 Å². The molecule has 20 heavy (non-hydrogen) atoms. The molecule has 0 saturated heterocycles. The van der Waals surface area contributed by atoms with Crippen molar-refractivity contribution in [2.24, 2.45) is 0 Å². The zero-order valence-electron chi connectivity index (χ0n) is 10.0. The van der Waals surface area contributed by atoms with Crippen LogP contribution < -0.4 is 5.32 Å². The molecule has 0 saturated carbocycles. The highest BCUT2D eigenvalue weighted by Crippen LogP contribution is 2.22. The SMILES string of the molecule is O=C(Nc1ccc(C(=O)O)c(O)c1)c1cncc(Br)c1. The van der Waals surface area contributed by atoms with Gasteiger partial charge in [0.1, 0.15) is 11.3 Å². The molecule has 6 nitrogen and oxygen atoms in total. The van der Waals surface area contributed by atoms with Crippen LogP contribution in [-0.4, -0.2) is 27.1 Å². The summed E-state index contributed by atoms with van der Waals surface area (Å²) < 4.78 is 0.661. The summed E-state index contributed by atoms with van der Waals surface area (Å²) in [5.41, 5.74) is 0.394. The van der Waals surface area contributed by atoms with Gasteiger partial charge in [-0.3, -0.25) is 9.78 Å². The van der Waals surface area contributed by atoms with Crippen LogP contribution in [0.1, 0.15) is 20.7 Å². The molecule has 2 aromatic rings. The summed E-state index contributed by atoms with van der Waals surface area (Å²) in [6, 6.07) is 5.37. The maximum Gasteiger partial charge on any atom is 0.339 e. The number of rotatable bonds is 3. The molecule has 0 spiro atoms. The first-order valence-electron chi connectivity index (χ1n) is 5.45. The number of carbonyl (C=O) groups is 2. The standard InChI is InChI=1S/C13H9BrN2O4/c14-8-3-7(5-15-6-8)12(18)16-9-1-2-10(13(19)20)11(17)4-9/h1-6,17H,(H,16,18)(H,19,20). The molecule has 0 aliphatic heterocycles. The lowest BCUT2D eigenvalue weighted by Crippen LogP contribution is -2.12. The lowest BCUT2D eigenvalue weighted by Gasteiger charge is -2.07. The Hall–Kier alpha value is -2.41. The van der Waals surface area contributed by atoms with Gasteiger partial charge in [0.2, 0.25) is 0 Å². The second-order valence-electron chi connectivity index (χ2n) is 3.88. The number of anilines is 1. The number of pyridine rings is 1. The maximum atomic E-state index is 11.9. The van der Waals surface area contributed by atoms with E-state index in [0.717, 1.165) is 0 Å². The van der Waals surface area contributed by atoms with Gasteiger partial charge in [0, 0.05) is 28.6 Å². The first-order chi connectivity index (χ1) is 9.47. The van der Waals surface area contributed by atoms with E-state index in [2.05, 4.69) is 26.2 Å². The second-order valence-corrected chi connectivity index (χ2v) is 4.80. The molecule has 2 rings (SSSR count). The molecule has 1 aromatic heterocycles. The van der Waals surface area contributed by atoms with Crippen molar-refractivity contribution in [3.8, 4) is 5.75 Å². The van der Waals surface area contributed by atoms with E-state index in [1.165, 1.54) is 24.4 Å². The van der Waals surface area contributed by atoms with Crippen LogP contribution in [0.25, 0.3) is 0 Å². The molecule has 0 atom stereocenters. The molecule has 0 unspecified atom stereocenters. The van der Waals surface area contributed by atoms with Crippen LogP contribution in [0.5, 0.6) is 5.75 Å². The van der Waals surface area contributed by atoms with Gasteiger partial charge in [-0.2, -0.15) is 0 Å². The van der Waals surface area contributed by atoms with E-state index in [9.17, 15) is 14.7 Å². The van der Waals surface area contributed by atoms with Gasteiger partial charge in [-0.25, -0.2) is 4.79 Å². The molecule has 0 bridgehead atoms. The van der Waals surface area contributed by atoms with Gasteiger partial charge in [0.15, 0.2) is 0 Å².